The van der Waals surface area contributed by atoms with Crippen LogP contribution in [-0.4, -0.2) is 25.4 Å². The molecule has 2 aromatic heterocycles. The highest BCUT2D eigenvalue weighted by Crippen LogP contribution is 2.10. The van der Waals surface area contributed by atoms with Crippen LogP contribution < -0.4 is 0 Å². The van der Waals surface area contributed by atoms with Gasteiger partial charge in [-0.3, -0.25) is 9.78 Å². The van der Waals surface area contributed by atoms with Gasteiger partial charge in [-0.15, -0.1) is 0 Å². The SMILES string of the molecule is Cc1ncc2nc(CC(=O)O)cn2c1C. The van der Waals surface area contributed by atoms with Crippen LogP contribution in [0, 0.1) is 13.8 Å². The van der Waals surface area contributed by atoms with E-state index < -0.39 is 5.97 Å². The van der Waals surface area contributed by atoms with Gasteiger partial charge in [0.05, 0.1) is 24.0 Å². The Morgan fingerprint density at radius 2 is 2.27 bits per heavy atom. The van der Waals surface area contributed by atoms with E-state index in [1.807, 2.05) is 18.2 Å². The number of aliphatic carboxylic acids is 1. The molecule has 0 aliphatic heterocycles. The number of hydrogen-bond donors (Lipinski definition) is 1. The van der Waals surface area contributed by atoms with E-state index in [0.717, 1.165) is 11.4 Å². The first-order valence-corrected chi connectivity index (χ1v) is 4.60. The van der Waals surface area contributed by atoms with Crippen molar-refractivity contribution in [2.24, 2.45) is 0 Å². The fourth-order valence-electron chi connectivity index (χ4n) is 1.47. The van der Waals surface area contributed by atoms with Crippen molar-refractivity contribution in [1.29, 1.82) is 0 Å². The van der Waals surface area contributed by atoms with Crippen LogP contribution in [0.2, 0.25) is 0 Å². The molecule has 0 bridgehead atoms. The standard InChI is InChI=1S/C10H11N3O2/c1-6-7(2)13-5-8(3-10(14)15)12-9(13)4-11-6/h4-5H,3H2,1-2H3,(H,14,15). The fraction of sp³-hybridized carbons (Fsp3) is 0.300. The summed E-state index contributed by atoms with van der Waals surface area (Å²) in [7, 11) is 0. The first-order chi connectivity index (χ1) is 7.08. The zero-order valence-corrected chi connectivity index (χ0v) is 8.56. The zero-order chi connectivity index (χ0) is 11.0. The molecule has 2 heterocycles. The normalized spacial score (nSPS) is 10.8. The summed E-state index contributed by atoms with van der Waals surface area (Å²) in [6, 6.07) is 0. The number of carboxylic acid groups (broad SMARTS) is 1. The first-order valence-electron chi connectivity index (χ1n) is 4.60. The number of rotatable bonds is 2. The summed E-state index contributed by atoms with van der Waals surface area (Å²) >= 11 is 0. The van der Waals surface area contributed by atoms with Crippen LogP contribution >= 0.6 is 0 Å². The Hall–Kier alpha value is -1.91. The third kappa shape index (κ3) is 1.68. The molecular weight excluding hydrogens is 194 g/mol. The van der Waals surface area contributed by atoms with E-state index in [1.54, 1.807) is 12.4 Å². The molecular formula is C10H11N3O2. The Labute approximate surface area is 86.4 Å². The maximum atomic E-state index is 10.5. The van der Waals surface area contributed by atoms with Gasteiger partial charge in [-0.05, 0) is 13.8 Å². The van der Waals surface area contributed by atoms with Crippen LogP contribution in [0.15, 0.2) is 12.4 Å². The maximum absolute atomic E-state index is 10.5. The molecule has 0 atom stereocenters. The predicted octanol–water partition coefficient (Wildman–Crippen LogP) is 0.973. The zero-order valence-electron chi connectivity index (χ0n) is 8.56. The van der Waals surface area contributed by atoms with E-state index in [4.69, 9.17) is 5.11 Å². The lowest BCUT2D eigenvalue weighted by molar-refractivity contribution is -0.136. The van der Waals surface area contributed by atoms with E-state index in [9.17, 15) is 4.79 Å². The Morgan fingerprint density at radius 1 is 1.53 bits per heavy atom. The van der Waals surface area contributed by atoms with E-state index >= 15 is 0 Å². The predicted molar refractivity (Wildman–Crippen MR) is 53.8 cm³/mol. The molecule has 0 amide bonds. The third-order valence-corrected chi connectivity index (χ3v) is 2.37. The average molecular weight is 205 g/mol. The summed E-state index contributed by atoms with van der Waals surface area (Å²) in [5, 5.41) is 8.65. The number of hydrogen-bond acceptors (Lipinski definition) is 3. The van der Waals surface area contributed by atoms with Crippen LogP contribution in [0.1, 0.15) is 17.1 Å². The Bertz CT molecular complexity index is 531. The van der Waals surface area contributed by atoms with Crippen molar-refractivity contribution >= 4 is 11.6 Å². The second-order valence-corrected chi connectivity index (χ2v) is 3.46. The van der Waals surface area contributed by atoms with Crippen molar-refractivity contribution in [3.8, 4) is 0 Å². The molecule has 0 saturated heterocycles. The lowest BCUT2D eigenvalue weighted by Gasteiger charge is -2.00. The quantitative estimate of drug-likeness (QED) is 0.793. The van der Waals surface area contributed by atoms with Crippen molar-refractivity contribution in [2.45, 2.75) is 20.3 Å². The van der Waals surface area contributed by atoms with Crippen LogP contribution in [0.3, 0.4) is 0 Å². The van der Waals surface area contributed by atoms with E-state index in [0.29, 0.717) is 11.3 Å². The first kappa shape index (κ1) is 9.64. The smallest absolute Gasteiger partial charge is 0.309 e. The molecule has 15 heavy (non-hydrogen) atoms. The molecule has 0 radical (unpaired) electrons. The molecule has 0 aliphatic rings. The molecule has 2 rings (SSSR count). The molecule has 0 aliphatic carbocycles. The van der Waals surface area contributed by atoms with E-state index in [-0.39, 0.29) is 6.42 Å². The Balaban J connectivity index is 2.56. The third-order valence-electron chi connectivity index (χ3n) is 2.37. The minimum Gasteiger partial charge on any atom is -0.481 e. The van der Waals surface area contributed by atoms with Gasteiger partial charge in [-0.25, -0.2) is 4.98 Å². The molecule has 5 heteroatoms. The van der Waals surface area contributed by atoms with Gasteiger partial charge < -0.3 is 9.51 Å². The summed E-state index contributed by atoms with van der Waals surface area (Å²) in [5.41, 5.74) is 3.14. The Morgan fingerprint density at radius 3 is 2.93 bits per heavy atom. The molecule has 0 spiro atoms. The summed E-state index contributed by atoms with van der Waals surface area (Å²) in [4.78, 5) is 18.9. The minimum absolute atomic E-state index is 0.0554. The number of aromatic nitrogens is 3. The molecule has 2 aromatic rings. The van der Waals surface area contributed by atoms with Crippen molar-refractivity contribution in [2.75, 3.05) is 0 Å². The number of aryl methyl sites for hydroxylation is 2. The van der Waals surface area contributed by atoms with Gasteiger partial charge in [0.25, 0.3) is 0 Å². The van der Waals surface area contributed by atoms with E-state index in [2.05, 4.69) is 9.97 Å². The molecule has 0 aromatic carbocycles. The van der Waals surface area contributed by atoms with Crippen molar-refractivity contribution < 1.29 is 9.90 Å². The second kappa shape index (κ2) is 3.34. The number of carboxylic acids is 1. The summed E-state index contributed by atoms with van der Waals surface area (Å²) in [6.07, 6.45) is 3.33. The lowest BCUT2D eigenvalue weighted by atomic mass is 10.3. The highest BCUT2D eigenvalue weighted by atomic mass is 16.4. The second-order valence-electron chi connectivity index (χ2n) is 3.46. The summed E-state index contributed by atoms with van der Waals surface area (Å²) in [5.74, 6) is -0.874. The number of imidazole rings is 1. The van der Waals surface area contributed by atoms with Gasteiger partial charge in [0.2, 0.25) is 0 Å². The largest absolute Gasteiger partial charge is 0.481 e. The van der Waals surface area contributed by atoms with Gasteiger partial charge in [0, 0.05) is 11.9 Å². The number of carbonyl (C=O) groups is 1. The van der Waals surface area contributed by atoms with Crippen LogP contribution in [-0.2, 0) is 11.2 Å². The van der Waals surface area contributed by atoms with Crippen molar-refractivity contribution in [1.82, 2.24) is 14.4 Å². The lowest BCUT2D eigenvalue weighted by Crippen LogP contribution is -1.99. The number of nitrogens with zero attached hydrogens (tertiary/aromatic N) is 3. The highest BCUT2D eigenvalue weighted by molar-refractivity contribution is 5.69. The monoisotopic (exact) mass is 205 g/mol. The minimum atomic E-state index is -0.874. The molecule has 5 nitrogen and oxygen atoms in total. The van der Waals surface area contributed by atoms with Gasteiger partial charge in [0.15, 0.2) is 5.65 Å². The van der Waals surface area contributed by atoms with Crippen LogP contribution in [0.4, 0.5) is 0 Å². The molecule has 0 saturated carbocycles. The van der Waals surface area contributed by atoms with Gasteiger partial charge in [-0.2, -0.15) is 0 Å². The van der Waals surface area contributed by atoms with Crippen molar-refractivity contribution in [3.63, 3.8) is 0 Å². The van der Waals surface area contributed by atoms with Gasteiger partial charge in [-0.1, -0.05) is 0 Å². The average Bonchev–Trinajstić information content (AvgIpc) is 2.54. The van der Waals surface area contributed by atoms with Crippen molar-refractivity contribution in [3.05, 3.63) is 29.5 Å². The molecule has 78 valence electrons. The van der Waals surface area contributed by atoms with Gasteiger partial charge in [0.1, 0.15) is 0 Å². The van der Waals surface area contributed by atoms with Crippen LogP contribution in [0.25, 0.3) is 5.65 Å². The molecule has 0 fully saturated rings. The Kier molecular flexibility index (Phi) is 2.15. The molecule has 0 unspecified atom stereocenters. The van der Waals surface area contributed by atoms with Crippen LogP contribution in [0.5, 0.6) is 0 Å². The topological polar surface area (TPSA) is 67.5 Å². The highest BCUT2D eigenvalue weighted by Gasteiger charge is 2.08. The summed E-state index contributed by atoms with van der Waals surface area (Å²) in [6.45, 7) is 3.84. The van der Waals surface area contributed by atoms with Gasteiger partial charge >= 0.3 is 5.97 Å². The fourth-order valence-corrected chi connectivity index (χ4v) is 1.47. The maximum Gasteiger partial charge on any atom is 0.309 e. The molecule has 1 N–H and O–H groups in total. The number of fused-ring (bicyclic) bond motifs is 1. The summed E-state index contributed by atoms with van der Waals surface area (Å²) < 4.78 is 1.86. The van der Waals surface area contributed by atoms with E-state index in [1.165, 1.54) is 0 Å².